The molecule has 2 atom stereocenters. The van der Waals surface area contributed by atoms with E-state index >= 15 is 0 Å². The Bertz CT molecular complexity index is 1600. The summed E-state index contributed by atoms with van der Waals surface area (Å²) in [7, 11) is 1.61. The Kier molecular flexibility index (Phi) is 12.7. The van der Waals surface area contributed by atoms with Crippen molar-refractivity contribution in [2.75, 3.05) is 20.3 Å². The lowest BCUT2D eigenvalue weighted by Gasteiger charge is -2.20. The largest absolute Gasteiger partial charge is 0.491 e. The number of nitrogens with one attached hydrogen (secondary N) is 1. The van der Waals surface area contributed by atoms with Crippen molar-refractivity contribution in [2.45, 2.75) is 64.3 Å². The molecule has 4 N–H and O–H groups in total. The molecule has 0 fully saturated rings. The number of ether oxygens (including phenoxy) is 2. The SMILES string of the molecule is COCCOc1ccc(CNC(=O)c2c(-c3ccccc3)c(-c3ccc(F)cc3)c(CC[C@@H](O)C[C@@H](O)CC(=O)O)n2C(C)C)cc1. The summed E-state index contributed by atoms with van der Waals surface area (Å²) in [6.45, 7) is 5.11. The van der Waals surface area contributed by atoms with Gasteiger partial charge in [0, 0.05) is 36.5 Å². The fourth-order valence-corrected chi connectivity index (χ4v) is 5.72. The molecule has 1 amide bonds. The Morgan fingerprint density at radius 2 is 1.53 bits per heavy atom. The molecule has 1 aromatic heterocycles. The summed E-state index contributed by atoms with van der Waals surface area (Å²) in [5, 5.41) is 33.0. The van der Waals surface area contributed by atoms with Crippen LogP contribution in [-0.2, 0) is 22.5 Å². The number of methoxy groups -OCH3 is 1. The second-order valence-corrected chi connectivity index (χ2v) is 11.7. The van der Waals surface area contributed by atoms with Crippen LogP contribution in [0.1, 0.15) is 60.9 Å². The number of halogens is 1. The van der Waals surface area contributed by atoms with Crippen LogP contribution in [0, 0.1) is 5.82 Å². The quantitative estimate of drug-likeness (QED) is 0.103. The molecule has 3 aromatic carbocycles. The van der Waals surface area contributed by atoms with Crippen LogP contribution in [0.5, 0.6) is 5.75 Å². The van der Waals surface area contributed by atoms with Gasteiger partial charge in [0.05, 0.1) is 25.2 Å². The minimum atomic E-state index is -1.19. The van der Waals surface area contributed by atoms with E-state index < -0.39 is 30.4 Å². The predicted molar refractivity (Wildman–Crippen MR) is 178 cm³/mol. The van der Waals surface area contributed by atoms with Crippen LogP contribution in [-0.4, -0.2) is 64.3 Å². The highest BCUT2D eigenvalue weighted by Crippen LogP contribution is 2.42. The summed E-state index contributed by atoms with van der Waals surface area (Å²) in [5.41, 5.74) is 5.00. The Labute approximate surface area is 274 Å². The summed E-state index contributed by atoms with van der Waals surface area (Å²) in [5.74, 6) is -1.14. The number of aliphatic hydroxyl groups excluding tert-OH is 2. The second kappa shape index (κ2) is 16.9. The molecule has 0 aliphatic carbocycles. The van der Waals surface area contributed by atoms with E-state index in [4.69, 9.17) is 14.6 Å². The number of hydrogen-bond acceptors (Lipinski definition) is 6. The van der Waals surface area contributed by atoms with Crippen molar-refractivity contribution in [3.8, 4) is 28.0 Å². The van der Waals surface area contributed by atoms with Crippen LogP contribution in [0.3, 0.4) is 0 Å². The maximum Gasteiger partial charge on any atom is 0.305 e. The van der Waals surface area contributed by atoms with Gasteiger partial charge in [-0.1, -0.05) is 54.6 Å². The molecular formula is C37H43FN2O7. The third-order valence-corrected chi connectivity index (χ3v) is 7.84. The molecule has 0 aliphatic heterocycles. The average Bonchev–Trinajstić information content (AvgIpc) is 3.39. The number of aromatic nitrogens is 1. The summed E-state index contributed by atoms with van der Waals surface area (Å²) < 4.78 is 26.8. The van der Waals surface area contributed by atoms with Gasteiger partial charge in [-0.15, -0.1) is 0 Å². The summed E-state index contributed by atoms with van der Waals surface area (Å²) in [6, 6.07) is 22.9. The van der Waals surface area contributed by atoms with E-state index in [0.717, 1.165) is 22.4 Å². The Balaban J connectivity index is 1.76. The zero-order valence-electron chi connectivity index (χ0n) is 27.0. The zero-order valence-corrected chi connectivity index (χ0v) is 27.0. The second-order valence-electron chi connectivity index (χ2n) is 11.7. The number of carbonyl (C=O) groups excluding carboxylic acids is 1. The molecule has 0 spiro atoms. The molecule has 0 bridgehead atoms. The lowest BCUT2D eigenvalue weighted by molar-refractivity contribution is -0.139. The Morgan fingerprint density at radius 3 is 2.15 bits per heavy atom. The maximum absolute atomic E-state index is 14.2. The molecular weight excluding hydrogens is 603 g/mol. The Morgan fingerprint density at radius 1 is 0.872 bits per heavy atom. The van der Waals surface area contributed by atoms with E-state index in [1.165, 1.54) is 12.1 Å². The number of rotatable bonds is 17. The highest BCUT2D eigenvalue weighted by Gasteiger charge is 2.30. The third kappa shape index (κ3) is 9.51. The van der Waals surface area contributed by atoms with Gasteiger partial charge >= 0.3 is 5.97 Å². The van der Waals surface area contributed by atoms with Crippen LogP contribution in [0.2, 0.25) is 0 Å². The van der Waals surface area contributed by atoms with Gasteiger partial charge in [-0.2, -0.15) is 0 Å². The van der Waals surface area contributed by atoms with E-state index in [1.54, 1.807) is 19.2 Å². The van der Waals surface area contributed by atoms with Crippen molar-refractivity contribution in [1.29, 1.82) is 0 Å². The van der Waals surface area contributed by atoms with Gasteiger partial charge in [-0.25, -0.2) is 4.39 Å². The van der Waals surface area contributed by atoms with Crippen molar-refractivity contribution in [3.63, 3.8) is 0 Å². The van der Waals surface area contributed by atoms with Crippen molar-refractivity contribution < 1.29 is 38.8 Å². The monoisotopic (exact) mass is 646 g/mol. The van der Waals surface area contributed by atoms with Gasteiger partial charge in [0.15, 0.2) is 0 Å². The number of hydrogen-bond donors (Lipinski definition) is 4. The highest BCUT2D eigenvalue weighted by atomic mass is 19.1. The fourth-order valence-electron chi connectivity index (χ4n) is 5.72. The van der Waals surface area contributed by atoms with Crippen LogP contribution in [0.4, 0.5) is 4.39 Å². The van der Waals surface area contributed by atoms with E-state index in [1.807, 2.05) is 73.0 Å². The molecule has 0 saturated carbocycles. The molecule has 4 rings (SSSR count). The molecule has 0 unspecified atom stereocenters. The number of benzene rings is 3. The van der Waals surface area contributed by atoms with E-state index in [0.29, 0.717) is 42.2 Å². The number of carboxylic acid groups (broad SMARTS) is 1. The smallest absolute Gasteiger partial charge is 0.305 e. The molecule has 10 heteroatoms. The molecule has 4 aromatic rings. The summed E-state index contributed by atoms with van der Waals surface area (Å²) in [4.78, 5) is 25.3. The molecule has 9 nitrogen and oxygen atoms in total. The first-order valence-electron chi connectivity index (χ1n) is 15.7. The van der Waals surface area contributed by atoms with Crippen molar-refractivity contribution in [2.24, 2.45) is 0 Å². The van der Waals surface area contributed by atoms with Crippen LogP contribution in [0.25, 0.3) is 22.3 Å². The first-order valence-corrected chi connectivity index (χ1v) is 15.7. The lowest BCUT2D eigenvalue weighted by Crippen LogP contribution is -2.27. The third-order valence-electron chi connectivity index (χ3n) is 7.84. The maximum atomic E-state index is 14.2. The fraction of sp³-hybridized carbons (Fsp3) is 0.351. The van der Waals surface area contributed by atoms with Gasteiger partial charge in [0.1, 0.15) is 23.9 Å². The van der Waals surface area contributed by atoms with E-state index in [-0.39, 0.29) is 31.3 Å². The molecule has 250 valence electrons. The molecule has 0 aliphatic rings. The van der Waals surface area contributed by atoms with Gasteiger partial charge in [0.2, 0.25) is 0 Å². The Hall–Kier alpha value is -4.51. The van der Waals surface area contributed by atoms with Crippen molar-refractivity contribution in [1.82, 2.24) is 9.88 Å². The number of carboxylic acids is 1. The minimum absolute atomic E-state index is 0.102. The number of carbonyl (C=O) groups is 2. The number of aliphatic carboxylic acids is 1. The number of nitrogens with zero attached hydrogens (tertiary/aromatic N) is 1. The van der Waals surface area contributed by atoms with Crippen LogP contribution >= 0.6 is 0 Å². The molecule has 0 radical (unpaired) electrons. The first-order chi connectivity index (χ1) is 22.6. The van der Waals surface area contributed by atoms with Crippen molar-refractivity contribution in [3.05, 3.63) is 102 Å². The topological polar surface area (TPSA) is 130 Å². The van der Waals surface area contributed by atoms with Crippen molar-refractivity contribution >= 4 is 11.9 Å². The number of amides is 1. The van der Waals surface area contributed by atoms with Crippen LogP contribution < -0.4 is 10.1 Å². The first kappa shape index (κ1) is 35.3. The van der Waals surface area contributed by atoms with Gasteiger partial charge < -0.3 is 34.7 Å². The zero-order chi connectivity index (χ0) is 33.9. The standard InChI is InChI=1S/C37H43FN2O7/c1-24(2)40-32(18-15-29(41)21-30(42)22-33(43)44)34(27-11-13-28(38)14-12-27)35(26-7-5-4-6-8-26)36(40)37(45)39-23-25-9-16-31(17-10-25)47-20-19-46-3/h4-14,16-17,24,29-30,41-42H,15,18-23H2,1-3H3,(H,39,45)(H,43,44)/t29-,30-/m1/s1. The normalized spacial score (nSPS) is 12.6. The molecule has 1 heterocycles. The van der Waals surface area contributed by atoms with Gasteiger partial charge in [0.25, 0.3) is 5.91 Å². The number of aliphatic hydroxyl groups is 2. The summed E-state index contributed by atoms with van der Waals surface area (Å²) in [6.07, 6.45) is -2.23. The lowest BCUT2D eigenvalue weighted by atomic mass is 9.92. The van der Waals surface area contributed by atoms with Gasteiger partial charge in [-0.05, 0) is 74.1 Å². The van der Waals surface area contributed by atoms with E-state index in [2.05, 4.69) is 5.32 Å². The molecule has 47 heavy (non-hydrogen) atoms. The predicted octanol–water partition coefficient (Wildman–Crippen LogP) is 6.02. The minimum Gasteiger partial charge on any atom is -0.491 e. The van der Waals surface area contributed by atoms with Gasteiger partial charge in [-0.3, -0.25) is 9.59 Å². The summed E-state index contributed by atoms with van der Waals surface area (Å²) >= 11 is 0. The van der Waals surface area contributed by atoms with Crippen LogP contribution in [0.15, 0.2) is 78.9 Å². The highest BCUT2D eigenvalue weighted by molar-refractivity contribution is 6.05. The average molecular weight is 647 g/mol. The van der Waals surface area contributed by atoms with E-state index in [9.17, 15) is 24.2 Å². The molecule has 0 saturated heterocycles.